The Kier molecular flexibility index (Phi) is 5.37. The molecular weight excluding hydrogens is 368 g/mol. The molecule has 1 aliphatic carbocycles. The van der Waals surface area contributed by atoms with Crippen LogP contribution in [-0.2, 0) is 14.8 Å². The zero-order valence-corrected chi connectivity index (χ0v) is 17.0. The molecule has 0 bridgehead atoms. The molecule has 148 valence electrons. The molecule has 1 saturated carbocycles. The molecule has 2 aliphatic rings. The second-order valence-electron chi connectivity index (χ2n) is 6.80. The topological polar surface area (TPSA) is 84.9 Å². The summed E-state index contributed by atoms with van der Waals surface area (Å²) in [5.74, 6) is 0.399. The first-order valence-electron chi connectivity index (χ1n) is 9.16. The molecule has 1 fully saturated rings. The maximum Gasteiger partial charge on any atom is 0.270 e. The van der Waals surface area contributed by atoms with Crippen molar-refractivity contribution in [3.8, 4) is 11.5 Å². The number of allylic oxidation sites excluding steroid dienone is 1. The van der Waals surface area contributed by atoms with Crippen molar-refractivity contribution in [2.24, 2.45) is 0 Å². The molecule has 7 nitrogen and oxygen atoms in total. The molecule has 1 aromatic rings. The van der Waals surface area contributed by atoms with Crippen molar-refractivity contribution in [3.05, 3.63) is 22.6 Å². The Labute approximate surface area is 160 Å². The van der Waals surface area contributed by atoms with Gasteiger partial charge < -0.3 is 14.8 Å². The van der Waals surface area contributed by atoms with Gasteiger partial charge in [-0.15, -0.1) is 0 Å². The van der Waals surface area contributed by atoms with E-state index in [9.17, 15) is 13.2 Å². The Bertz CT molecular complexity index is 886. The van der Waals surface area contributed by atoms with E-state index in [4.69, 9.17) is 9.47 Å². The predicted molar refractivity (Wildman–Crippen MR) is 104 cm³/mol. The first kappa shape index (κ1) is 19.5. The van der Waals surface area contributed by atoms with Gasteiger partial charge in [-0.3, -0.25) is 9.10 Å². The maximum absolute atomic E-state index is 13.2. The summed E-state index contributed by atoms with van der Waals surface area (Å²) in [6.07, 6.45) is 3.88. The summed E-state index contributed by atoms with van der Waals surface area (Å²) in [6.45, 7) is 3.61. The molecule has 0 saturated heterocycles. The molecule has 1 aromatic carbocycles. The third-order valence-corrected chi connectivity index (χ3v) is 7.29. The first-order valence-corrected chi connectivity index (χ1v) is 10.6. The summed E-state index contributed by atoms with van der Waals surface area (Å²) in [5, 5.41) is 2.90. The van der Waals surface area contributed by atoms with E-state index in [2.05, 4.69) is 5.32 Å². The fourth-order valence-electron chi connectivity index (χ4n) is 3.88. The number of carbonyl (C=O) groups is 1. The number of benzene rings is 1. The van der Waals surface area contributed by atoms with Crippen LogP contribution in [-0.4, -0.2) is 41.1 Å². The fourth-order valence-corrected chi connectivity index (χ4v) is 5.64. The van der Waals surface area contributed by atoms with Crippen LogP contribution in [0.1, 0.15) is 45.1 Å². The summed E-state index contributed by atoms with van der Waals surface area (Å²) >= 11 is 0. The van der Waals surface area contributed by atoms with Gasteiger partial charge in [0.2, 0.25) is 0 Å². The van der Waals surface area contributed by atoms with Crippen LogP contribution in [0.3, 0.4) is 0 Å². The number of hydrogen-bond acceptors (Lipinski definition) is 5. The number of rotatable bonds is 5. The summed E-state index contributed by atoms with van der Waals surface area (Å²) in [7, 11) is -0.935. The SMILES string of the molecule is CCN1c2cc(OC)c(OC)cc2C(C)=C(C(=O)NC2CCCC2)S1(=O)=O. The number of sulfonamides is 1. The summed E-state index contributed by atoms with van der Waals surface area (Å²) in [6, 6.07) is 3.41. The molecule has 8 heteroatoms. The third-order valence-electron chi connectivity index (χ3n) is 5.25. The van der Waals surface area contributed by atoms with E-state index < -0.39 is 15.9 Å². The van der Waals surface area contributed by atoms with Crippen molar-refractivity contribution in [2.75, 3.05) is 25.1 Å². The number of nitrogens with one attached hydrogen (secondary N) is 1. The van der Waals surface area contributed by atoms with Crippen LogP contribution < -0.4 is 19.1 Å². The molecule has 27 heavy (non-hydrogen) atoms. The number of anilines is 1. The molecule has 0 radical (unpaired) electrons. The van der Waals surface area contributed by atoms with Crippen molar-refractivity contribution in [3.63, 3.8) is 0 Å². The Morgan fingerprint density at radius 1 is 1.19 bits per heavy atom. The Morgan fingerprint density at radius 2 is 1.78 bits per heavy atom. The minimum Gasteiger partial charge on any atom is -0.493 e. The van der Waals surface area contributed by atoms with Crippen molar-refractivity contribution in [1.82, 2.24) is 5.32 Å². The number of methoxy groups -OCH3 is 2. The Balaban J connectivity index is 2.15. The Hall–Kier alpha value is -2.22. The van der Waals surface area contributed by atoms with E-state index in [0.717, 1.165) is 25.7 Å². The lowest BCUT2D eigenvalue weighted by molar-refractivity contribution is -0.117. The molecule has 1 aliphatic heterocycles. The van der Waals surface area contributed by atoms with Crippen molar-refractivity contribution in [2.45, 2.75) is 45.6 Å². The number of fused-ring (bicyclic) bond motifs is 1. The van der Waals surface area contributed by atoms with Crippen molar-refractivity contribution >= 4 is 27.2 Å². The zero-order chi connectivity index (χ0) is 19.8. The largest absolute Gasteiger partial charge is 0.493 e. The van der Waals surface area contributed by atoms with Crippen LogP contribution in [0.5, 0.6) is 11.5 Å². The van der Waals surface area contributed by atoms with E-state index in [1.807, 2.05) is 0 Å². The molecule has 0 aromatic heterocycles. The van der Waals surface area contributed by atoms with Gasteiger partial charge in [0.1, 0.15) is 0 Å². The smallest absolute Gasteiger partial charge is 0.270 e. The van der Waals surface area contributed by atoms with Gasteiger partial charge in [-0.05, 0) is 38.3 Å². The van der Waals surface area contributed by atoms with Crippen molar-refractivity contribution < 1.29 is 22.7 Å². The molecule has 0 atom stereocenters. The lowest BCUT2D eigenvalue weighted by atomic mass is 10.0. The molecule has 1 amide bonds. The van der Waals surface area contributed by atoms with Crippen LogP contribution in [0.4, 0.5) is 5.69 Å². The van der Waals surface area contributed by atoms with Crippen LogP contribution in [0.15, 0.2) is 17.0 Å². The van der Waals surface area contributed by atoms with Gasteiger partial charge in [0.15, 0.2) is 16.4 Å². The average Bonchev–Trinajstić information content (AvgIpc) is 3.13. The second kappa shape index (κ2) is 7.42. The molecule has 1 heterocycles. The highest BCUT2D eigenvalue weighted by atomic mass is 32.2. The summed E-state index contributed by atoms with van der Waals surface area (Å²) in [5.41, 5.74) is 1.57. The number of amides is 1. The van der Waals surface area contributed by atoms with Crippen LogP contribution in [0.2, 0.25) is 0 Å². The average molecular weight is 394 g/mol. The van der Waals surface area contributed by atoms with E-state index >= 15 is 0 Å². The van der Waals surface area contributed by atoms with Crippen LogP contribution >= 0.6 is 0 Å². The van der Waals surface area contributed by atoms with E-state index in [-0.39, 0.29) is 17.5 Å². The van der Waals surface area contributed by atoms with E-state index in [0.29, 0.717) is 28.3 Å². The van der Waals surface area contributed by atoms with Crippen molar-refractivity contribution in [1.29, 1.82) is 0 Å². The van der Waals surface area contributed by atoms with Crippen LogP contribution in [0.25, 0.3) is 5.57 Å². The number of hydrogen-bond donors (Lipinski definition) is 1. The highest BCUT2D eigenvalue weighted by molar-refractivity contribution is 7.97. The minimum absolute atomic E-state index is 0.0369. The molecule has 0 unspecified atom stereocenters. The predicted octanol–water partition coefficient (Wildman–Crippen LogP) is 2.66. The van der Waals surface area contributed by atoms with Crippen LogP contribution in [0, 0.1) is 0 Å². The van der Waals surface area contributed by atoms with Gasteiger partial charge in [-0.1, -0.05) is 12.8 Å². The molecule has 3 rings (SSSR count). The standard InChI is InChI=1S/C19H26N2O5S/c1-5-21-15-11-17(26-4)16(25-3)10-14(15)12(2)18(27(21,23)24)19(22)20-13-8-6-7-9-13/h10-11,13H,5-9H2,1-4H3,(H,20,22). The Morgan fingerprint density at radius 3 is 2.33 bits per heavy atom. The number of ether oxygens (including phenoxy) is 2. The fraction of sp³-hybridized carbons (Fsp3) is 0.526. The normalized spacial score (nSPS) is 19.0. The summed E-state index contributed by atoms with van der Waals surface area (Å²) in [4.78, 5) is 12.7. The monoisotopic (exact) mass is 394 g/mol. The number of nitrogens with zero attached hydrogens (tertiary/aromatic N) is 1. The first-order chi connectivity index (χ1) is 12.8. The van der Waals surface area contributed by atoms with Gasteiger partial charge >= 0.3 is 0 Å². The second-order valence-corrected chi connectivity index (χ2v) is 8.60. The van der Waals surface area contributed by atoms with Gasteiger partial charge in [-0.25, -0.2) is 8.42 Å². The highest BCUT2D eigenvalue weighted by Gasteiger charge is 2.40. The lowest BCUT2D eigenvalue weighted by Gasteiger charge is -2.32. The zero-order valence-electron chi connectivity index (χ0n) is 16.2. The molecule has 0 spiro atoms. The maximum atomic E-state index is 13.2. The number of carbonyl (C=O) groups excluding carboxylic acids is 1. The minimum atomic E-state index is -3.96. The van der Waals surface area contributed by atoms with Gasteiger partial charge in [-0.2, -0.15) is 0 Å². The quantitative estimate of drug-likeness (QED) is 0.830. The summed E-state index contributed by atoms with van der Waals surface area (Å²) < 4.78 is 38.4. The van der Waals surface area contributed by atoms with Gasteiger partial charge in [0.25, 0.3) is 15.9 Å². The van der Waals surface area contributed by atoms with Gasteiger partial charge in [0.05, 0.1) is 19.9 Å². The molecular formula is C19H26N2O5S. The van der Waals surface area contributed by atoms with Gasteiger partial charge in [0, 0.05) is 24.2 Å². The third kappa shape index (κ3) is 3.26. The molecule has 1 N–H and O–H groups in total. The van der Waals surface area contributed by atoms with E-state index in [1.165, 1.54) is 18.5 Å². The lowest BCUT2D eigenvalue weighted by Crippen LogP contribution is -2.43. The highest BCUT2D eigenvalue weighted by Crippen LogP contribution is 2.44. The van der Waals surface area contributed by atoms with E-state index in [1.54, 1.807) is 26.0 Å².